The molecule has 4 fully saturated rings. The molecule has 0 N–H and O–H groups in total. The highest BCUT2D eigenvalue weighted by atomic mass is 32.1. The number of nitrogens with zero attached hydrogens (tertiary/aromatic N) is 5. The summed E-state index contributed by atoms with van der Waals surface area (Å²) < 4.78 is 9.75. The molecule has 0 radical (unpaired) electrons. The highest BCUT2D eigenvalue weighted by Crippen LogP contribution is 2.61. The van der Waals surface area contributed by atoms with Gasteiger partial charge in [0.05, 0.1) is 22.5 Å². The van der Waals surface area contributed by atoms with Crippen LogP contribution in [-0.2, 0) is 5.41 Å². The van der Waals surface area contributed by atoms with E-state index in [1.807, 2.05) is 65.4 Å². The average molecular weight is 590 g/mol. The molecule has 7 nitrogen and oxygen atoms in total. The Kier molecular flexibility index (Phi) is 6.55. The third-order valence-corrected chi connectivity index (χ3v) is 10.5. The minimum atomic E-state index is -0.131. The number of benzene rings is 2. The number of hydrogen-bond donors (Lipinski definition) is 0. The van der Waals surface area contributed by atoms with Gasteiger partial charge in [0, 0.05) is 17.2 Å². The standard InChI is InChI=1S/C35H35N5O2S/c1-2-14-42-29-11-8-23(9-12-29)10-13-31-36-34-40(37-31)33(41)30(43-34)18-27-22-39(28-6-4-3-5-7-28)38-32(27)35-19-24-15-25(20-35)17-26(16-24)21-35/h3-13,18,22,24-26H,2,14-17,19-21H2,1H3/b13-10+,30-18-. The molecule has 4 saturated carbocycles. The third kappa shape index (κ3) is 4.91. The smallest absolute Gasteiger partial charge is 0.291 e. The number of fused-ring (bicyclic) bond motifs is 1. The summed E-state index contributed by atoms with van der Waals surface area (Å²) in [4.78, 5) is 18.8. The Labute approximate surface area is 254 Å². The molecule has 43 heavy (non-hydrogen) atoms. The van der Waals surface area contributed by atoms with Crippen molar-refractivity contribution in [2.24, 2.45) is 17.8 Å². The van der Waals surface area contributed by atoms with Gasteiger partial charge in [-0.2, -0.15) is 14.6 Å². The van der Waals surface area contributed by atoms with Gasteiger partial charge in [0.2, 0.25) is 4.96 Å². The Morgan fingerprint density at radius 3 is 2.35 bits per heavy atom. The zero-order valence-corrected chi connectivity index (χ0v) is 25.2. The van der Waals surface area contributed by atoms with Gasteiger partial charge in [-0.1, -0.05) is 54.7 Å². The predicted octanol–water partition coefficient (Wildman–Crippen LogP) is 6.31. The van der Waals surface area contributed by atoms with Crippen LogP contribution in [0, 0.1) is 17.8 Å². The van der Waals surface area contributed by atoms with Crippen molar-refractivity contribution in [3.63, 3.8) is 0 Å². The van der Waals surface area contributed by atoms with Crippen LogP contribution in [0.3, 0.4) is 0 Å². The molecule has 0 unspecified atom stereocenters. The van der Waals surface area contributed by atoms with Crippen molar-refractivity contribution in [1.82, 2.24) is 24.4 Å². The average Bonchev–Trinajstić information content (AvgIpc) is 3.70. The molecular formula is C35H35N5O2S. The number of ether oxygens (including phenoxy) is 1. The molecule has 3 heterocycles. The summed E-state index contributed by atoms with van der Waals surface area (Å²) in [6.07, 6.45) is 16.7. The van der Waals surface area contributed by atoms with Crippen LogP contribution in [0.15, 0.2) is 65.6 Å². The van der Waals surface area contributed by atoms with E-state index in [1.165, 1.54) is 60.1 Å². The summed E-state index contributed by atoms with van der Waals surface area (Å²) in [5, 5.41) is 9.79. The van der Waals surface area contributed by atoms with Crippen LogP contribution in [-0.4, -0.2) is 31.0 Å². The molecule has 0 saturated heterocycles. The van der Waals surface area contributed by atoms with E-state index in [9.17, 15) is 4.79 Å². The highest BCUT2D eigenvalue weighted by molar-refractivity contribution is 7.15. The molecule has 0 atom stereocenters. The zero-order valence-electron chi connectivity index (χ0n) is 24.4. The van der Waals surface area contributed by atoms with Gasteiger partial charge in [0.25, 0.3) is 5.56 Å². The summed E-state index contributed by atoms with van der Waals surface area (Å²) >= 11 is 1.40. The van der Waals surface area contributed by atoms with Crippen molar-refractivity contribution in [3.05, 3.63) is 98.3 Å². The molecule has 4 aliphatic carbocycles. The molecule has 0 amide bonds. The molecular weight excluding hydrogens is 554 g/mol. The quantitative estimate of drug-likeness (QED) is 0.212. The Morgan fingerprint density at radius 2 is 1.67 bits per heavy atom. The molecule has 218 valence electrons. The van der Waals surface area contributed by atoms with Gasteiger partial charge in [-0.15, -0.1) is 5.10 Å². The van der Waals surface area contributed by atoms with Crippen molar-refractivity contribution < 1.29 is 4.74 Å². The number of thiazole rings is 1. The molecule has 0 spiro atoms. The van der Waals surface area contributed by atoms with E-state index >= 15 is 0 Å². The van der Waals surface area contributed by atoms with E-state index in [2.05, 4.69) is 35.3 Å². The van der Waals surface area contributed by atoms with Gasteiger partial charge in [-0.3, -0.25) is 4.79 Å². The maximum atomic E-state index is 13.6. The van der Waals surface area contributed by atoms with Gasteiger partial charge in [-0.05, 0) is 105 Å². The first-order chi connectivity index (χ1) is 21.0. The van der Waals surface area contributed by atoms with Gasteiger partial charge in [0.1, 0.15) is 5.75 Å². The lowest BCUT2D eigenvalue weighted by Gasteiger charge is -2.56. The van der Waals surface area contributed by atoms with Gasteiger partial charge < -0.3 is 4.74 Å². The lowest BCUT2D eigenvalue weighted by atomic mass is 9.48. The Morgan fingerprint density at radius 1 is 0.953 bits per heavy atom. The fourth-order valence-electron chi connectivity index (χ4n) is 8.15. The van der Waals surface area contributed by atoms with Crippen molar-refractivity contribution in [2.45, 2.75) is 57.3 Å². The minimum Gasteiger partial charge on any atom is -0.494 e. The molecule has 5 aromatic rings. The van der Waals surface area contributed by atoms with Crippen LogP contribution in [0.25, 0.3) is 28.9 Å². The Balaban J connectivity index is 1.13. The minimum absolute atomic E-state index is 0.109. The summed E-state index contributed by atoms with van der Waals surface area (Å²) in [5.74, 6) is 3.81. The second-order valence-electron chi connectivity index (χ2n) is 12.7. The van der Waals surface area contributed by atoms with Crippen LogP contribution in [0.1, 0.15) is 74.5 Å². The van der Waals surface area contributed by atoms with Crippen molar-refractivity contribution in [3.8, 4) is 11.4 Å². The molecule has 4 aliphatic rings. The molecule has 9 rings (SSSR count). The largest absolute Gasteiger partial charge is 0.494 e. The van der Waals surface area contributed by atoms with Gasteiger partial charge in [-0.25, -0.2) is 4.68 Å². The van der Waals surface area contributed by atoms with Crippen LogP contribution < -0.4 is 14.8 Å². The fraction of sp³-hybridized carbons (Fsp3) is 0.371. The normalized spacial score (nSPS) is 25.0. The molecule has 0 aliphatic heterocycles. The van der Waals surface area contributed by atoms with E-state index in [-0.39, 0.29) is 11.0 Å². The lowest BCUT2D eigenvalue weighted by molar-refractivity contribution is -0.00743. The number of hydrogen-bond acceptors (Lipinski definition) is 6. The number of aromatic nitrogens is 5. The monoisotopic (exact) mass is 589 g/mol. The summed E-state index contributed by atoms with van der Waals surface area (Å²) in [5.41, 5.74) is 4.26. The topological polar surface area (TPSA) is 74.3 Å². The van der Waals surface area contributed by atoms with Gasteiger partial charge >= 0.3 is 0 Å². The number of rotatable bonds is 8. The summed E-state index contributed by atoms with van der Waals surface area (Å²) in [6.45, 7) is 2.80. The van der Waals surface area contributed by atoms with Crippen molar-refractivity contribution in [2.75, 3.05) is 6.61 Å². The van der Waals surface area contributed by atoms with E-state index in [4.69, 9.17) is 9.84 Å². The second-order valence-corrected chi connectivity index (χ2v) is 13.8. The van der Waals surface area contributed by atoms with Crippen LogP contribution in [0.4, 0.5) is 0 Å². The van der Waals surface area contributed by atoms with Crippen LogP contribution in [0.5, 0.6) is 5.75 Å². The van der Waals surface area contributed by atoms with E-state index in [0.717, 1.165) is 46.7 Å². The van der Waals surface area contributed by atoms with Crippen LogP contribution in [0.2, 0.25) is 0 Å². The first-order valence-corrected chi connectivity index (χ1v) is 16.3. The summed E-state index contributed by atoms with van der Waals surface area (Å²) in [6, 6.07) is 18.2. The first kappa shape index (κ1) is 26.6. The zero-order chi connectivity index (χ0) is 29.0. The molecule has 4 bridgehead atoms. The predicted molar refractivity (Wildman–Crippen MR) is 170 cm³/mol. The fourth-order valence-corrected chi connectivity index (χ4v) is 9.05. The lowest BCUT2D eigenvalue weighted by Crippen LogP contribution is -2.49. The van der Waals surface area contributed by atoms with E-state index < -0.39 is 0 Å². The number of para-hydroxylation sites is 1. The maximum absolute atomic E-state index is 13.6. The van der Waals surface area contributed by atoms with E-state index in [0.29, 0.717) is 21.9 Å². The Hall–Kier alpha value is -4.04. The van der Waals surface area contributed by atoms with Crippen molar-refractivity contribution >= 4 is 34.5 Å². The molecule has 2 aromatic carbocycles. The second kappa shape index (κ2) is 10.6. The molecule has 8 heteroatoms. The van der Waals surface area contributed by atoms with Gasteiger partial charge in [0.15, 0.2) is 5.82 Å². The van der Waals surface area contributed by atoms with E-state index in [1.54, 1.807) is 0 Å². The Bertz CT molecular complexity index is 1880. The summed E-state index contributed by atoms with van der Waals surface area (Å²) in [7, 11) is 0. The first-order valence-electron chi connectivity index (χ1n) is 15.5. The molecule has 3 aromatic heterocycles. The van der Waals surface area contributed by atoms with Crippen LogP contribution >= 0.6 is 11.3 Å². The third-order valence-electron chi connectivity index (χ3n) is 9.57. The van der Waals surface area contributed by atoms with Crippen molar-refractivity contribution in [1.29, 1.82) is 0 Å². The highest BCUT2D eigenvalue weighted by Gasteiger charge is 2.53. The maximum Gasteiger partial charge on any atom is 0.291 e. The SMILES string of the molecule is CCCOc1ccc(/C=C/c2nc3s/c(=C\c4cn(-c5ccccc5)nc4C45CC6CC(CC(C6)C4)C5)c(=O)n3n2)cc1.